The molecule has 22 heavy (non-hydrogen) atoms. The second-order valence-electron chi connectivity index (χ2n) is 5.33. The van der Waals surface area contributed by atoms with Gasteiger partial charge in [0.1, 0.15) is 0 Å². The zero-order chi connectivity index (χ0) is 16.2. The third-order valence-corrected chi connectivity index (χ3v) is 4.70. The van der Waals surface area contributed by atoms with Gasteiger partial charge in [-0.1, -0.05) is 48.0 Å². The molecule has 0 fully saturated rings. The van der Waals surface area contributed by atoms with E-state index >= 15 is 0 Å². The lowest BCUT2D eigenvalue weighted by atomic mass is 10.2. The molecule has 0 aromatic heterocycles. The Hall–Kier alpha value is -2.14. The van der Waals surface area contributed by atoms with Crippen molar-refractivity contribution in [1.29, 1.82) is 0 Å². The van der Waals surface area contributed by atoms with Crippen LogP contribution in [-0.2, 0) is 16.6 Å². The molecule has 0 spiro atoms. The Morgan fingerprint density at radius 2 is 1.59 bits per heavy atom. The summed E-state index contributed by atoms with van der Waals surface area (Å²) in [7, 11) is -3.67. The van der Waals surface area contributed by atoms with Crippen LogP contribution in [0.1, 0.15) is 25.0 Å². The van der Waals surface area contributed by atoms with Gasteiger partial charge in [-0.3, -0.25) is 0 Å². The van der Waals surface area contributed by atoms with Gasteiger partial charge in [0.05, 0.1) is 11.4 Å². The minimum absolute atomic E-state index is 0.211. The number of hydrogen-bond donors (Lipinski definition) is 0. The smallest absolute Gasteiger partial charge is 0.200 e. The van der Waals surface area contributed by atoms with E-state index in [1.807, 2.05) is 37.3 Å². The number of benzene rings is 2. The van der Waals surface area contributed by atoms with Crippen LogP contribution in [0.5, 0.6) is 0 Å². The van der Waals surface area contributed by atoms with E-state index < -0.39 is 10.0 Å². The minimum atomic E-state index is -3.67. The molecule has 0 aliphatic heterocycles. The highest BCUT2D eigenvalue weighted by Crippen LogP contribution is 2.19. The van der Waals surface area contributed by atoms with Crippen LogP contribution in [0, 0.1) is 6.92 Å². The van der Waals surface area contributed by atoms with E-state index in [0.717, 1.165) is 15.5 Å². The third kappa shape index (κ3) is 3.95. The Bertz CT molecular complexity index is 747. The summed E-state index contributed by atoms with van der Waals surface area (Å²) in [6.07, 6.45) is 0. The molecule has 0 aliphatic rings. The van der Waals surface area contributed by atoms with Crippen molar-refractivity contribution >= 4 is 15.7 Å². The van der Waals surface area contributed by atoms with Crippen LogP contribution in [0.15, 0.2) is 64.6 Å². The van der Waals surface area contributed by atoms with Crippen molar-refractivity contribution in [3.8, 4) is 0 Å². The van der Waals surface area contributed by atoms with Gasteiger partial charge in [0.25, 0.3) is 10.0 Å². The van der Waals surface area contributed by atoms with Crippen molar-refractivity contribution in [2.75, 3.05) is 0 Å². The molecular weight excluding hydrogens is 296 g/mol. The molecule has 2 aromatic rings. The van der Waals surface area contributed by atoms with Crippen LogP contribution in [0.2, 0.25) is 0 Å². The minimum Gasteiger partial charge on any atom is -0.200 e. The van der Waals surface area contributed by atoms with Gasteiger partial charge in [0, 0.05) is 5.71 Å². The van der Waals surface area contributed by atoms with Gasteiger partial charge in [0.15, 0.2) is 0 Å². The molecular formula is C17H20N2O2S. The number of aryl methyl sites for hydroxylation is 1. The number of hydrazone groups is 1. The van der Waals surface area contributed by atoms with E-state index in [1.54, 1.807) is 38.1 Å². The highest BCUT2D eigenvalue weighted by Gasteiger charge is 2.23. The van der Waals surface area contributed by atoms with E-state index in [2.05, 4.69) is 5.10 Å². The fourth-order valence-corrected chi connectivity index (χ4v) is 3.28. The highest BCUT2D eigenvalue weighted by atomic mass is 32.2. The maximum atomic E-state index is 12.8. The molecule has 0 radical (unpaired) electrons. The zero-order valence-electron chi connectivity index (χ0n) is 13.0. The fourth-order valence-electron chi connectivity index (χ4n) is 1.97. The molecule has 0 aliphatic carbocycles. The van der Waals surface area contributed by atoms with E-state index in [1.165, 1.54) is 0 Å². The fraction of sp³-hybridized carbons (Fsp3) is 0.235. The maximum absolute atomic E-state index is 12.8. The van der Waals surface area contributed by atoms with Crippen LogP contribution in [0.25, 0.3) is 0 Å². The van der Waals surface area contributed by atoms with Crippen LogP contribution in [0.3, 0.4) is 0 Å². The van der Waals surface area contributed by atoms with E-state index in [0.29, 0.717) is 5.71 Å². The number of nitrogens with zero attached hydrogens (tertiary/aromatic N) is 2. The molecule has 0 bridgehead atoms. The lowest BCUT2D eigenvalue weighted by Gasteiger charge is -2.20. The molecule has 0 N–H and O–H groups in total. The van der Waals surface area contributed by atoms with Gasteiger partial charge in [-0.15, -0.1) is 0 Å². The maximum Gasteiger partial charge on any atom is 0.279 e. The number of rotatable bonds is 5. The summed E-state index contributed by atoms with van der Waals surface area (Å²) < 4.78 is 26.8. The molecule has 0 saturated carbocycles. The summed E-state index contributed by atoms with van der Waals surface area (Å²) in [5.41, 5.74) is 2.60. The van der Waals surface area contributed by atoms with Crippen molar-refractivity contribution in [2.45, 2.75) is 32.2 Å². The van der Waals surface area contributed by atoms with Crippen molar-refractivity contribution < 1.29 is 8.42 Å². The second kappa shape index (κ2) is 6.75. The molecule has 116 valence electrons. The average molecular weight is 316 g/mol. The van der Waals surface area contributed by atoms with E-state index in [4.69, 9.17) is 0 Å². The first-order valence-electron chi connectivity index (χ1n) is 7.05. The summed E-state index contributed by atoms with van der Waals surface area (Å²) in [5.74, 6) is 0. The molecule has 0 atom stereocenters. The predicted molar refractivity (Wildman–Crippen MR) is 89.1 cm³/mol. The summed E-state index contributed by atoms with van der Waals surface area (Å²) in [6, 6.07) is 16.2. The monoisotopic (exact) mass is 316 g/mol. The van der Waals surface area contributed by atoms with Crippen molar-refractivity contribution in [3.05, 3.63) is 65.7 Å². The Morgan fingerprint density at radius 3 is 2.14 bits per heavy atom. The molecule has 4 nitrogen and oxygen atoms in total. The standard InChI is InChI=1S/C17H20N2O2S/c1-14(2)18-19(13-16-7-5-4-6-8-16)22(20,21)17-11-9-15(3)10-12-17/h4-12H,13H2,1-3H3. The molecule has 0 saturated heterocycles. The first kappa shape index (κ1) is 16.2. The molecule has 5 heteroatoms. The van der Waals surface area contributed by atoms with Gasteiger partial charge in [-0.2, -0.15) is 17.9 Å². The molecule has 0 amide bonds. The summed E-state index contributed by atoms with van der Waals surface area (Å²) in [6.45, 7) is 5.69. The Morgan fingerprint density at radius 1 is 1.00 bits per heavy atom. The zero-order valence-corrected chi connectivity index (χ0v) is 13.8. The van der Waals surface area contributed by atoms with Gasteiger partial charge in [-0.25, -0.2) is 0 Å². The van der Waals surface area contributed by atoms with Crippen LogP contribution < -0.4 is 0 Å². The molecule has 0 heterocycles. The summed E-state index contributed by atoms with van der Waals surface area (Å²) >= 11 is 0. The quantitative estimate of drug-likeness (QED) is 0.625. The average Bonchev–Trinajstić information content (AvgIpc) is 2.47. The van der Waals surface area contributed by atoms with Crippen molar-refractivity contribution in [3.63, 3.8) is 0 Å². The largest absolute Gasteiger partial charge is 0.279 e. The van der Waals surface area contributed by atoms with E-state index in [9.17, 15) is 8.42 Å². The highest BCUT2D eigenvalue weighted by molar-refractivity contribution is 7.89. The third-order valence-electron chi connectivity index (χ3n) is 3.07. The first-order valence-corrected chi connectivity index (χ1v) is 8.49. The SMILES string of the molecule is CC(C)=NN(Cc1ccccc1)S(=O)(=O)c1ccc(C)cc1. The number of sulfonamides is 1. The lowest BCUT2D eigenvalue weighted by Crippen LogP contribution is -2.26. The lowest BCUT2D eigenvalue weighted by molar-refractivity contribution is 0.425. The summed E-state index contributed by atoms with van der Waals surface area (Å²) in [5, 5.41) is 4.20. The molecule has 2 aromatic carbocycles. The Balaban J connectivity index is 2.40. The van der Waals surface area contributed by atoms with Crippen LogP contribution >= 0.6 is 0 Å². The van der Waals surface area contributed by atoms with Crippen molar-refractivity contribution in [1.82, 2.24) is 4.41 Å². The Kier molecular flexibility index (Phi) is 4.98. The normalized spacial score (nSPS) is 11.0. The van der Waals surface area contributed by atoms with Gasteiger partial charge < -0.3 is 0 Å². The predicted octanol–water partition coefficient (Wildman–Crippen LogP) is 3.58. The van der Waals surface area contributed by atoms with Crippen LogP contribution in [-0.4, -0.2) is 18.5 Å². The summed E-state index contributed by atoms with van der Waals surface area (Å²) in [4.78, 5) is 0.249. The first-order chi connectivity index (χ1) is 10.4. The van der Waals surface area contributed by atoms with Gasteiger partial charge >= 0.3 is 0 Å². The van der Waals surface area contributed by atoms with Gasteiger partial charge in [-0.05, 0) is 38.5 Å². The number of hydrogen-bond acceptors (Lipinski definition) is 3. The van der Waals surface area contributed by atoms with Gasteiger partial charge in [0.2, 0.25) is 0 Å². The van der Waals surface area contributed by atoms with Crippen molar-refractivity contribution in [2.24, 2.45) is 5.10 Å². The topological polar surface area (TPSA) is 49.7 Å². The Labute approximate surface area is 132 Å². The molecule has 0 unspecified atom stereocenters. The molecule has 2 rings (SSSR count). The second-order valence-corrected chi connectivity index (χ2v) is 7.17. The van der Waals surface area contributed by atoms with E-state index in [-0.39, 0.29) is 11.4 Å². The van der Waals surface area contributed by atoms with Crippen LogP contribution in [0.4, 0.5) is 0 Å².